The number of hydrogen-bond acceptors (Lipinski definition) is 4. The Balaban J connectivity index is 2.56. The summed E-state index contributed by atoms with van der Waals surface area (Å²) in [6.45, 7) is 5.76. The molecule has 0 unspecified atom stereocenters. The smallest absolute Gasteiger partial charge is 0.350 e. The molecule has 0 saturated carbocycles. The average molecular weight is 293 g/mol. The van der Waals surface area contributed by atoms with E-state index in [1.54, 1.807) is 13.0 Å². The molecule has 0 fully saturated rings. The highest BCUT2D eigenvalue weighted by atomic mass is 32.1. The molecule has 0 amide bonds. The fourth-order valence-electron chi connectivity index (χ4n) is 1.97. The molecule has 20 heavy (non-hydrogen) atoms. The van der Waals surface area contributed by atoms with E-state index in [9.17, 15) is 9.18 Å². The number of ether oxygens (including phenoxy) is 1. The number of aryl methyl sites for hydroxylation is 1. The second-order valence-corrected chi connectivity index (χ2v) is 5.50. The summed E-state index contributed by atoms with van der Waals surface area (Å²) >= 11 is 1.24. The van der Waals surface area contributed by atoms with Crippen molar-refractivity contribution in [1.29, 1.82) is 0 Å². The Morgan fingerprint density at radius 1 is 1.40 bits per heavy atom. The van der Waals surface area contributed by atoms with E-state index in [0.717, 1.165) is 21.6 Å². The fraction of sp³-hybridized carbons (Fsp3) is 0.267. The van der Waals surface area contributed by atoms with Crippen LogP contribution < -0.4 is 5.73 Å². The first kappa shape index (κ1) is 14.5. The molecule has 2 rings (SSSR count). The molecule has 0 atom stereocenters. The Kier molecular flexibility index (Phi) is 4.09. The third-order valence-corrected chi connectivity index (χ3v) is 4.42. The number of anilines is 1. The van der Waals surface area contributed by atoms with Crippen LogP contribution >= 0.6 is 11.3 Å². The van der Waals surface area contributed by atoms with Crippen LogP contribution in [-0.2, 0) is 4.74 Å². The molecular formula is C15H16FNO2S. The first-order chi connectivity index (χ1) is 9.45. The molecule has 2 aromatic rings. The summed E-state index contributed by atoms with van der Waals surface area (Å²) in [5.74, 6) is -0.743. The maximum atomic E-state index is 13.4. The number of rotatable bonds is 3. The average Bonchev–Trinajstić information content (AvgIpc) is 2.70. The van der Waals surface area contributed by atoms with E-state index in [-0.39, 0.29) is 5.82 Å². The van der Waals surface area contributed by atoms with Crippen LogP contribution in [0.4, 0.5) is 10.1 Å². The van der Waals surface area contributed by atoms with Gasteiger partial charge in [0.1, 0.15) is 10.7 Å². The van der Waals surface area contributed by atoms with Gasteiger partial charge in [0.2, 0.25) is 0 Å². The van der Waals surface area contributed by atoms with Gasteiger partial charge < -0.3 is 10.5 Å². The van der Waals surface area contributed by atoms with Crippen molar-refractivity contribution in [1.82, 2.24) is 0 Å². The lowest BCUT2D eigenvalue weighted by molar-refractivity contribution is 0.0533. The van der Waals surface area contributed by atoms with Crippen molar-refractivity contribution < 1.29 is 13.9 Å². The highest BCUT2D eigenvalue weighted by Crippen LogP contribution is 2.39. The van der Waals surface area contributed by atoms with Gasteiger partial charge in [-0.3, -0.25) is 0 Å². The van der Waals surface area contributed by atoms with Crippen LogP contribution in [-0.4, -0.2) is 12.6 Å². The second-order valence-electron chi connectivity index (χ2n) is 4.48. The minimum atomic E-state index is -0.432. The molecule has 0 radical (unpaired) electrons. The van der Waals surface area contributed by atoms with Crippen molar-refractivity contribution in [2.24, 2.45) is 0 Å². The summed E-state index contributed by atoms with van der Waals surface area (Å²) in [4.78, 5) is 13.0. The van der Waals surface area contributed by atoms with Gasteiger partial charge in [-0.1, -0.05) is 6.07 Å². The first-order valence-electron chi connectivity index (χ1n) is 6.28. The van der Waals surface area contributed by atoms with E-state index in [0.29, 0.717) is 17.2 Å². The number of nitrogen functional groups attached to an aromatic ring is 1. The van der Waals surface area contributed by atoms with Gasteiger partial charge in [-0.25, -0.2) is 9.18 Å². The Hall–Kier alpha value is -1.88. The minimum Gasteiger partial charge on any atom is -0.462 e. The standard InChI is InChI=1S/C15H16FNO2S/c1-4-19-15(18)14-12(17)9(3)13(20-14)11-7-10(16)6-5-8(11)2/h5-7H,4,17H2,1-3H3. The van der Waals surface area contributed by atoms with Crippen molar-refractivity contribution >= 4 is 23.0 Å². The Morgan fingerprint density at radius 2 is 2.10 bits per heavy atom. The number of hydrogen-bond donors (Lipinski definition) is 1. The van der Waals surface area contributed by atoms with Gasteiger partial charge in [0.25, 0.3) is 0 Å². The number of nitrogens with two attached hydrogens (primary N) is 1. The van der Waals surface area contributed by atoms with Gasteiger partial charge in [0.15, 0.2) is 0 Å². The summed E-state index contributed by atoms with van der Waals surface area (Å²) in [7, 11) is 0. The SMILES string of the molecule is CCOC(=O)c1sc(-c2cc(F)ccc2C)c(C)c1N. The number of benzene rings is 1. The monoisotopic (exact) mass is 293 g/mol. The van der Waals surface area contributed by atoms with E-state index in [4.69, 9.17) is 10.5 Å². The molecule has 2 N–H and O–H groups in total. The third-order valence-electron chi connectivity index (χ3n) is 3.10. The maximum absolute atomic E-state index is 13.4. The van der Waals surface area contributed by atoms with E-state index >= 15 is 0 Å². The molecule has 0 aliphatic heterocycles. The Morgan fingerprint density at radius 3 is 2.75 bits per heavy atom. The van der Waals surface area contributed by atoms with Gasteiger partial charge >= 0.3 is 5.97 Å². The zero-order valence-electron chi connectivity index (χ0n) is 11.6. The lowest BCUT2D eigenvalue weighted by Gasteiger charge is -2.05. The van der Waals surface area contributed by atoms with Gasteiger partial charge in [-0.2, -0.15) is 0 Å². The number of thiophene rings is 1. The number of esters is 1. The molecular weight excluding hydrogens is 277 g/mol. The molecule has 1 aromatic heterocycles. The molecule has 1 aromatic carbocycles. The van der Waals surface area contributed by atoms with Crippen LogP contribution in [0.5, 0.6) is 0 Å². The van der Waals surface area contributed by atoms with Crippen molar-refractivity contribution in [3.05, 3.63) is 40.0 Å². The Bertz CT molecular complexity index is 664. The molecule has 3 nitrogen and oxygen atoms in total. The van der Waals surface area contributed by atoms with Crippen LogP contribution in [0.3, 0.4) is 0 Å². The van der Waals surface area contributed by atoms with Gasteiger partial charge in [-0.15, -0.1) is 11.3 Å². The topological polar surface area (TPSA) is 52.3 Å². The Labute approximate surface area is 121 Å². The van der Waals surface area contributed by atoms with E-state index in [1.807, 2.05) is 13.8 Å². The van der Waals surface area contributed by atoms with Gasteiger partial charge in [0, 0.05) is 4.88 Å². The largest absolute Gasteiger partial charge is 0.462 e. The summed E-state index contributed by atoms with van der Waals surface area (Å²) in [6.07, 6.45) is 0. The number of carbonyl (C=O) groups is 1. The minimum absolute atomic E-state index is 0.295. The van der Waals surface area contributed by atoms with Gasteiger partial charge in [-0.05, 0) is 49.6 Å². The lowest BCUT2D eigenvalue weighted by atomic mass is 10.0. The van der Waals surface area contributed by atoms with Crippen molar-refractivity contribution in [3.8, 4) is 10.4 Å². The quantitative estimate of drug-likeness (QED) is 0.872. The fourth-order valence-corrected chi connectivity index (χ4v) is 3.17. The van der Waals surface area contributed by atoms with Crippen LogP contribution in [0, 0.1) is 19.7 Å². The number of carbonyl (C=O) groups excluding carboxylic acids is 1. The van der Waals surface area contributed by atoms with Crippen LogP contribution in [0.25, 0.3) is 10.4 Å². The second kappa shape index (κ2) is 5.63. The molecule has 106 valence electrons. The first-order valence-corrected chi connectivity index (χ1v) is 7.09. The lowest BCUT2D eigenvalue weighted by Crippen LogP contribution is -2.05. The van der Waals surface area contributed by atoms with E-state index in [2.05, 4.69) is 0 Å². The third kappa shape index (κ3) is 2.54. The predicted octanol–water partition coefficient (Wildman–Crippen LogP) is 3.93. The summed E-state index contributed by atoms with van der Waals surface area (Å²) in [6, 6.07) is 4.59. The molecule has 0 aliphatic rings. The van der Waals surface area contributed by atoms with Crippen LogP contribution in [0.1, 0.15) is 27.7 Å². The summed E-state index contributed by atoms with van der Waals surface area (Å²) in [5.41, 5.74) is 8.86. The highest BCUT2D eigenvalue weighted by Gasteiger charge is 2.21. The van der Waals surface area contributed by atoms with Crippen molar-refractivity contribution in [2.75, 3.05) is 12.3 Å². The van der Waals surface area contributed by atoms with Crippen LogP contribution in [0.2, 0.25) is 0 Å². The zero-order valence-corrected chi connectivity index (χ0v) is 12.4. The molecule has 0 saturated heterocycles. The number of halogens is 1. The predicted molar refractivity (Wildman–Crippen MR) is 79.6 cm³/mol. The van der Waals surface area contributed by atoms with Crippen molar-refractivity contribution in [3.63, 3.8) is 0 Å². The van der Waals surface area contributed by atoms with E-state index < -0.39 is 5.97 Å². The maximum Gasteiger partial charge on any atom is 0.350 e. The molecule has 5 heteroatoms. The van der Waals surface area contributed by atoms with Gasteiger partial charge in [0.05, 0.1) is 12.3 Å². The zero-order chi connectivity index (χ0) is 14.9. The summed E-state index contributed by atoms with van der Waals surface area (Å²) in [5, 5.41) is 0. The molecule has 0 spiro atoms. The molecule has 0 bridgehead atoms. The normalized spacial score (nSPS) is 10.6. The van der Waals surface area contributed by atoms with Crippen LogP contribution in [0.15, 0.2) is 18.2 Å². The van der Waals surface area contributed by atoms with Crippen molar-refractivity contribution in [2.45, 2.75) is 20.8 Å². The highest BCUT2D eigenvalue weighted by molar-refractivity contribution is 7.18. The summed E-state index contributed by atoms with van der Waals surface area (Å²) < 4.78 is 18.4. The molecule has 1 heterocycles. The molecule has 0 aliphatic carbocycles. The van der Waals surface area contributed by atoms with E-state index in [1.165, 1.54) is 23.5 Å².